The minimum atomic E-state index is 0.675. The summed E-state index contributed by atoms with van der Waals surface area (Å²) < 4.78 is 0. The van der Waals surface area contributed by atoms with E-state index in [1.807, 2.05) is 25.1 Å². The largest absolute Gasteiger partial charge is 0.398 e. The molecule has 13 heavy (non-hydrogen) atoms. The summed E-state index contributed by atoms with van der Waals surface area (Å²) in [7, 11) is 3.89. The fourth-order valence-corrected chi connectivity index (χ4v) is 1.23. The normalized spacial score (nSPS) is 10.4. The molecule has 1 rings (SSSR count). The van der Waals surface area contributed by atoms with Gasteiger partial charge in [0.1, 0.15) is 6.29 Å². The van der Waals surface area contributed by atoms with Crippen LogP contribution in [0.5, 0.6) is 0 Å². The van der Waals surface area contributed by atoms with Gasteiger partial charge in [-0.2, -0.15) is 0 Å². The molecule has 0 atom stereocenters. The number of aldehydes is 1. The second-order valence-corrected chi connectivity index (χ2v) is 3.27. The van der Waals surface area contributed by atoms with Crippen molar-refractivity contribution < 1.29 is 4.79 Å². The van der Waals surface area contributed by atoms with E-state index in [1.165, 1.54) is 0 Å². The molecule has 1 aromatic rings. The number of benzene rings is 1. The number of carbonyl (C=O) groups excluding carboxylic acids is 1. The molecule has 0 aliphatic rings. The summed E-state index contributed by atoms with van der Waals surface area (Å²) in [6.45, 7) is 0.695. The average molecular weight is 178 g/mol. The minimum Gasteiger partial charge on any atom is -0.398 e. The first-order chi connectivity index (χ1) is 6.15. The van der Waals surface area contributed by atoms with Gasteiger partial charge in [-0.15, -0.1) is 0 Å². The van der Waals surface area contributed by atoms with Gasteiger partial charge in [0.05, 0.1) is 0 Å². The number of nitrogen functional groups attached to an aromatic ring is 1. The second kappa shape index (κ2) is 4.05. The average Bonchev–Trinajstić information content (AvgIpc) is 2.08. The molecule has 0 saturated heterocycles. The van der Waals surface area contributed by atoms with Crippen molar-refractivity contribution in [1.82, 2.24) is 4.90 Å². The zero-order valence-corrected chi connectivity index (χ0v) is 7.95. The van der Waals surface area contributed by atoms with E-state index in [9.17, 15) is 4.79 Å². The van der Waals surface area contributed by atoms with Crippen molar-refractivity contribution >= 4 is 12.0 Å². The summed E-state index contributed by atoms with van der Waals surface area (Å²) in [5, 5.41) is 0. The highest BCUT2D eigenvalue weighted by atomic mass is 16.1. The zero-order valence-electron chi connectivity index (χ0n) is 7.95. The van der Waals surface area contributed by atoms with E-state index in [2.05, 4.69) is 0 Å². The Labute approximate surface area is 78.2 Å². The SMILES string of the molecule is CN(C)Cc1c(N)cccc1C=O. The topological polar surface area (TPSA) is 46.3 Å². The summed E-state index contributed by atoms with van der Waals surface area (Å²) in [6, 6.07) is 5.38. The molecule has 0 unspecified atom stereocenters. The Morgan fingerprint density at radius 3 is 2.69 bits per heavy atom. The Morgan fingerprint density at radius 2 is 2.15 bits per heavy atom. The van der Waals surface area contributed by atoms with Crippen LogP contribution < -0.4 is 5.73 Å². The van der Waals surface area contributed by atoms with E-state index in [4.69, 9.17) is 5.73 Å². The van der Waals surface area contributed by atoms with Gasteiger partial charge in [-0.05, 0) is 25.7 Å². The molecule has 0 heterocycles. The molecule has 0 bridgehead atoms. The van der Waals surface area contributed by atoms with Crippen LogP contribution in [0.1, 0.15) is 15.9 Å². The van der Waals surface area contributed by atoms with Gasteiger partial charge in [-0.1, -0.05) is 12.1 Å². The highest BCUT2D eigenvalue weighted by Crippen LogP contribution is 2.16. The summed E-state index contributed by atoms with van der Waals surface area (Å²) >= 11 is 0. The standard InChI is InChI=1S/C10H14N2O/c1-12(2)6-9-8(7-13)4-3-5-10(9)11/h3-5,7H,6,11H2,1-2H3. The molecule has 2 N–H and O–H groups in total. The highest BCUT2D eigenvalue weighted by Gasteiger charge is 2.05. The third-order valence-corrected chi connectivity index (χ3v) is 1.85. The van der Waals surface area contributed by atoms with Crippen molar-refractivity contribution in [3.63, 3.8) is 0 Å². The maximum Gasteiger partial charge on any atom is 0.150 e. The highest BCUT2D eigenvalue weighted by molar-refractivity contribution is 5.80. The summed E-state index contributed by atoms with van der Waals surface area (Å²) in [5.74, 6) is 0. The molecule has 0 amide bonds. The Kier molecular flexibility index (Phi) is 3.03. The van der Waals surface area contributed by atoms with E-state index in [0.717, 1.165) is 11.8 Å². The van der Waals surface area contributed by atoms with Crippen LogP contribution in [0.3, 0.4) is 0 Å². The smallest absolute Gasteiger partial charge is 0.150 e. The number of rotatable bonds is 3. The number of nitrogens with two attached hydrogens (primary N) is 1. The van der Waals surface area contributed by atoms with E-state index >= 15 is 0 Å². The summed E-state index contributed by atoms with van der Waals surface area (Å²) in [4.78, 5) is 12.7. The summed E-state index contributed by atoms with van der Waals surface area (Å²) in [5.41, 5.74) is 8.02. The van der Waals surface area contributed by atoms with Gasteiger partial charge in [0, 0.05) is 17.8 Å². The van der Waals surface area contributed by atoms with Gasteiger partial charge in [0.15, 0.2) is 0 Å². The van der Waals surface area contributed by atoms with Crippen molar-refractivity contribution in [2.24, 2.45) is 0 Å². The lowest BCUT2D eigenvalue weighted by atomic mass is 10.1. The first kappa shape index (κ1) is 9.74. The maximum absolute atomic E-state index is 10.7. The first-order valence-electron chi connectivity index (χ1n) is 4.12. The monoisotopic (exact) mass is 178 g/mol. The van der Waals surface area contributed by atoms with Crippen LogP contribution in [0.15, 0.2) is 18.2 Å². The van der Waals surface area contributed by atoms with Gasteiger partial charge in [0.2, 0.25) is 0 Å². The predicted octanol–water partition coefficient (Wildman–Crippen LogP) is 1.14. The fourth-order valence-electron chi connectivity index (χ4n) is 1.23. The predicted molar refractivity (Wildman–Crippen MR) is 53.6 cm³/mol. The minimum absolute atomic E-state index is 0.675. The van der Waals surface area contributed by atoms with Crippen molar-refractivity contribution in [2.75, 3.05) is 19.8 Å². The van der Waals surface area contributed by atoms with Crippen LogP contribution in [-0.2, 0) is 6.54 Å². The van der Waals surface area contributed by atoms with Crippen LogP contribution in [-0.4, -0.2) is 25.3 Å². The van der Waals surface area contributed by atoms with Crippen LogP contribution in [0.25, 0.3) is 0 Å². The van der Waals surface area contributed by atoms with E-state index < -0.39 is 0 Å². The lowest BCUT2D eigenvalue weighted by Gasteiger charge is -2.13. The molecule has 0 aromatic heterocycles. The lowest BCUT2D eigenvalue weighted by Crippen LogP contribution is -2.14. The molecule has 70 valence electrons. The van der Waals surface area contributed by atoms with E-state index in [-0.39, 0.29) is 0 Å². The van der Waals surface area contributed by atoms with Crippen molar-refractivity contribution in [1.29, 1.82) is 0 Å². The summed E-state index contributed by atoms with van der Waals surface area (Å²) in [6.07, 6.45) is 0.842. The Balaban J connectivity index is 3.07. The molecule has 3 nitrogen and oxygen atoms in total. The molecule has 1 aromatic carbocycles. The second-order valence-electron chi connectivity index (χ2n) is 3.27. The molecular formula is C10H14N2O. The van der Waals surface area contributed by atoms with E-state index in [1.54, 1.807) is 12.1 Å². The zero-order chi connectivity index (χ0) is 9.84. The number of anilines is 1. The molecule has 3 heteroatoms. The quantitative estimate of drug-likeness (QED) is 0.557. The van der Waals surface area contributed by atoms with Crippen LogP contribution in [0, 0.1) is 0 Å². The molecule has 0 spiro atoms. The number of carbonyl (C=O) groups is 1. The third-order valence-electron chi connectivity index (χ3n) is 1.85. The van der Waals surface area contributed by atoms with Gasteiger partial charge < -0.3 is 10.6 Å². The molecule has 0 aliphatic carbocycles. The molecule has 0 saturated carbocycles. The van der Waals surface area contributed by atoms with Crippen molar-refractivity contribution in [2.45, 2.75) is 6.54 Å². The number of hydrogen-bond acceptors (Lipinski definition) is 3. The Bertz CT molecular complexity index is 308. The van der Waals surface area contributed by atoms with Gasteiger partial charge in [-0.25, -0.2) is 0 Å². The van der Waals surface area contributed by atoms with Gasteiger partial charge >= 0.3 is 0 Å². The van der Waals surface area contributed by atoms with Gasteiger partial charge in [-0.3, -0.25) is 4.79 Å². The first-order valence-corrected chi connectivity index (χ1v) is 4.12. The maximum atomic E-state index is 10.7. The van der Waals surface area contributed by atoms with Crippen molar-refractivity contribution in [3.05, 3.63) is 29.3 Å². The van der Waals surface area contributed by atoms with Crippen molar-refractivity contribution in [3.8, 4) is 0 Å². The fraction of sp³-hybridized carbons (Fsp3) is 0.300. The molecular weight excluding hydrogens is 164 g/mol. The molecule has 0 radical (unpaired) electrons. The van der Waals surface area contributed by atoms with Crippen LogP contribution in [0.2, 0.25) is 0 Å². The van der Waals surface area contributed by atoms with E-state index in [0.29, 0.717) is 17.8 Å². The third kappa shape index (κ3) is 2.29. The lowest BCUT2D eigenvalue weighted by molar-refractivity contribution is 0.112. The Morgan fingerprint density at radius 1 is 1.46 bits per heavy atom. The number of nitrogens with zero attached hydrogens (tertiary/aromatic N) is 1. The Hall–Kier alpha value is -1.35. The van der Waals surface area contributed by atoms with Crippen LogP contribution >= 0.6 is 0 Å². The number of hydrogen-bond donors (Lipinski definition) is 1. The van der Waals surface area contributed by atoms with Gasteiger partial charge in [0.25, 0.3) is 0 Å². The molecule has 0 fully saturated rings. The van der Waals surface area contributed by atoms with Crippen LogP contribution in [0.4, 0.5) is 5.69 Å². The molecule has 0 aliphatic heterocycles.